The van der Waals surface area contributed by atoms with Crippen molar-refractivity contribution >= 4 is 19.8 Å². The number of hydrogen-bond donors (Lipinski definition) is 7. The van der Waals surface area contributed by atoms with E-state index in [0.717, 1.165) is 44.9 Å². The number of aliphatic hydroxyl groups is 6. The molecule has 0 amide bonds. The van der Waals surface area contributed by atoms with Gasteiger partial charge in [-0.05, 0) is 44.9 Å². The monoisotopic (exact) mass is 899 g/mol. The number of aliphatic hydroxyl groups excluding tert-OH is 6. The Balaban J connectivity index is 2.56. The first-order chi connectivity index (χ1) is 29.8. The van der Waals surface area contributed by atoms with Crippen LogP contribution in [-0.4, -0.2) is 110 Å². The van der Waals surface area contributed by atoms with Gasteiger partial charge < -0.3 is 45.0 Å². The minimum absolute atomic E-state index is 0.0712. The lowest BCUT2D eigenvalue weighted by molar-refractivity contribution is -0.220. The molecule has 0 saturated heterocycles. The number of carbonyl (C=O) groups is 2. The average molecular weight is 899 g/mol. The summed E-state index contributed by atoms with van der Waals surface area (Å²) in [4.78, 5) is 35.6. The molecular formula is C47H79O14P. The summed E-state index contributed by atoms with van der Waals surface area (Å²) in [7, 11) is -5.16. The van der Waals surface area contributed by atoms with Gasteiger partial charge >= 0.3 is 19.8 Å². The van der Waals surface area contributed by atoms with Crippen LogP contribution >= 0.6 is 7.82 Å². The van der Waals surface area contributed by atoms with E-state index >= 15 is 0 Å². The summed E-state index contributed by atoms with van der Waals surface area (Å²) in [6.07, 6.45) is 28.4. The van der Waals surface area contributed by atoms with Gasteiger partial charge in [-0.2, -0.15) is 0 Å². The van der Waals surface area contributed by atoms with Crippen LogP contribution in [0.4, 0.5) is 0 Å². The number of unbranched alkanes of at least 4 members (excludes halogenated alkanes) is 12. The van der Waals surface area contributed by atoms with Crippen molar-refractivity contribution in [1.29, 1.82) is 0 Å². The van der Waals surface area contributed by atoms with Crippen LogP contribution in [0.25, 0.3) is 0 Å². The number of hydrogen-bond acceptors (Lipinski definition) is 13. The Kier molecular flexibility index (Phi) is 33.8. The van der Waals surface area contributed by atoms with E-state index < -0.39 is 81.8 Å². The Bertz CT molecular complexity index is 1380. The van der Waals surface area contributed by atoms with Crippen LogP contribution in [0.5, 0.6) is 0 Å². The molecule has 0 aromatic heterocycles. The van der Waals surface area contributed by atoms with E-state index in [2.05, 4.69) is 38.2 Å². The molecule has 7 N–H and O–H groups in total. The highest BCUT2D eigenvalue weighted by Gasteiger charge is 2.51. The van der Waals surface area contributed by atoms with Crippen LogP contribution < -0.4 is 0 Å². The molecule has 0 radical (unpaired) electrons. The minimum Gasteiger partial charge on any atom is -0.462 e. The van der Waals surface area contributed by atoms with E-state index in [1.54, 1.807) is 12.2 Å². The zero-order valence-corrected chi connectivity index (χ0v) is 38.1. The zero-order chi connectivity index (χ0) is 45.9. The predicted molar refractivity (Wildman–Crippen MR) is 241 cm³/mol. The molecule has 14 nitrogen and oxygen atoms in total. The molecule has 0 bridgehead atoms. The molecule has 0 heterocycles. The maximum atomic E-state index is 12.8. The number of esters is 2. The van der Waals surface area contributed by atoms with Gasteiger partial charge in [0.05, 0.1) is 12.7 Å². The Labute approximate surface area is 370 Å². The first-order valence-electron chi connectivity index (χ1n) is 22.8. The molecule has 0 aromatic rings. The molecule has 7 unspecified atom stereocenters. The van der Waals surface area contributed by atoms with Gasteiger partial charge in [0.2, 0.25) is 0 Å². The number of phosphoric acid groups is 1. The molecule has 1 aliphatic rings. The summed E-state index contributed by atoms with van der Waals surface area (Å²) in [5.41, 5.74) is 0. The topological polar surface area (TPSA) is 230 Å². The van der Waals surface area contributed by atoms with Crippen LogP contribution in [0.1, 0.15) is 149 Å². The minimum atomic E-state index is -5.16. The second-order valence-corrected chi connectivity index (χ2v) is 17.1. The van der Waals surface area contributed by atoms with Gasteiger partial charge in [0, 0.05) is 12.8 Å². The van der Waals surface area contributed by atoms with Crippen LogP contribution in [0.3, 0.4) is 0 Å². The molecule has 1 fully saturated rings. The quantitative estimate of drug-likeness (QED) is 0.0105. The van der Waals surface area contributed by atoms with E-state index in [9.17, 15) is 49.7 Å². The van der Waals surface area contributed by atoms with Gasteiger partial charge in [-0.1, -0.05) is 164 Å². The normalized spacial score (nSPS) is 23.0. The van der Waals surface area contributed by atoms with Gasteiger partial charge in [-0.15, -0.1) is 0 Å². The first-order valence-corrected chi connectivity index (χ1v) is 24.3. The lowest BCUT2D eigenvalue weighted by Crippen LogP contribution is -2.64. The van der Waals surface area contributed by atoms with Crippen LogP contribution in [0.15, 0.2) is 72.9 Å². The van der Waals surface area contributed by atoms with Crippen molar-refractivity contribution in [3.8, 4) is 0 Å². The Hall–Kier alpha value is -2.75. The van der Waals surface area contributed by atoms with Crippen molar-refractivity contribution in [3.63, 3.8) is 0 Å². The Morgan fingerprint density at radius 3 is 1.71 bits per heavy atom. The molecule has 1 saturated carbocycles. The largest absolute Gasteiger partial charge is 0.472 e. The number of rotatable bonds is 36. The van der Waals surface area contributed by atoms with Crippen molar-refractivity contribution in [2.24, 2.45) is 0 Å². The number of ether oxygens (including phenoxy) is 2. The summed E-state index contributed by atoms with van der Waals surface area (Å²) in [6.45, 7) is 3.04. The Morgan fingerprint density at radius 2 is 1.11 bits per heavy atom. The van der Waals surface area contributed by atoms with Crippen molar-refractivity contribution in [2.45, 2.75) is 198 Å². The second kappa shape index (κ2) is 36.6. The lowest BCUT2D eigenvalue weighted by atomic mass is 9.85. The summed E-state index contributed by atoms with van der Waals surface area (Å²) in [5.74, 6) is -1.25. The van der Waals surface area contributed by atoms with E-state index in [0.29, 0.717) is 25.7 Å². The van der Waals surface area contributed by atoms with Crippen molar-refractivity contribution in [3.05, 3.63) is 72.9 Å². The average Bonchev–Trinajstić information content (AvgIpc) is 3.25. The van der Waals surface area contributed by atoms with Crippen molar-refractivity contribution < 1.29 is 68.2 Å². The molecule has 0 aromatic carbocycles. The molecule has 356 valence electrons. The highest BCUT2D eigenvalue weighted by atomic mass is 31.2. The van der Waals surface area contributed by atoms with Crippen LogP contribution in [-0.2, 0) is 32.7 Å². The number of allylic oxidation sites excluding steroid dienone is 10. The van der Waals surface area contributed by atoms with E-state index in [-0.39, 0.29) is 12.8 Å². The number of carbonyl (C=O) groups excluding carboxylic acids is 2. The molecule has 1 rings (SSSR count). The molecule has 0 aliphatic heterocycles. The van der Waals surface area contributed by atoms with Crippen molar-refractivity contribution in [1.82, 2.24) is 0 Å². The third-order valence-corrected chi connectivity index (χ3v) is 11.1. The van der Waals surface area contributed by atoms with Crippen LogP contribution in [0, 0.1) is 0 Å². The van der Waals surface area contributed by atoms with Gasteiger partial charge in [-0.3, -0.25) is 18.6 Å². The van der Waals surface area contributed by atoms with Gasteiger partial charge in [0.15, 0.2) is 6.10 Å². The predicted octanol–water partition coefficient (Wildman–Crippen LogP) is 7.69. The fourth-order valence-electron chi connectivity index (χ4n) is 6.46. The second-order valence-electron chi connectivity index (χ2n) is 15.7. The van der Waals surface area contributed by atoms with Gasteiger partial charge in [-0.25, -0.2) is 4.57 Å². The third kappa shape index (κ3) is 28.8. The summed E-state index contributed by atoms with van der Waals surface area (Å²) < 4.78 is 33.4. The summed E-state index contributed by atoms with van der Waals surface area (Å²) in [5, 5.41) is 60.3. The molecule has 0 spiro atoms. The van der Waals surface area contributed by atoms with E-state index in [4.69, 9.17) is 18.5 Å². The first kappa shape index (κ1) is 57.3. The smallest absolute Gasteiger partial charge is 0.462 e. The fraction of sp³-hybridized carbons (Fsp3) is 0.702. The SMILES string of the molecule is CCC=CCC=CCC=CC=CC(O)CC=CCC=CCCC(=O)OC(COC(=O)CCCCCCCCCCCCCCC)COP(=O)(O)OC1C(O)C(O)C(O)C(O)C1O. The lowest BCUT2D eigenvalue weighted by Gasteiger charge is -2.41. The van der Waals surface area contributed by atoms with Gasteiger partial charge in [0.25, 0.3) is 0 Å². The molecule has 15 heteroatoms. The number of phosphoric ester groups is 1. The third-order valence-electron chi connectivity index (χ3n) is 10.2. The van der Waals surface area contributed by atoms with Gasteiger partial charge in [0.1, 0.15) is 43.2 Å². The van der Waals surface area contributed by atoms with E-state index in [1.807, 2.05) is 36.5 Å². The van der Waals surface area contributed by atoms with Crippen LogP contribution in [0.2, 0.25) is 0 Å². The zero-order valence-electron chi connectivity index (χ0n) is 37.2. The van der Waals surface area contributed by atoms with Crippen molar-refractivity contribution in [2.75, 3.05) is 13.2 Å². The highest BCUT2D eigenvalue weighted by molar-refractivity contribution is 7.47. The fourth-order valence-corrected chi connectivity index (χ4v) is 7.43. The molecule has 7 atom stereocenters. The molecule has 62 heavy (non-hydrogen) atoms. The molecule has 1 aliphatic carbocycles. The summed E-state index contributed by atoms with van der Waals surface area (Å²) in [6, 6.07) is 0. The van der Waals surface area contributed by atoms with E-state index in [1.165, 1.54) is 51.4 Å². The summed E-state index contributed by atoms with van der Waals surface area (Å²) >= 11 is 0. The maximum Gasteiger partial charge on any atom is 0.472 e. The standard InChI is InChI=1S/C47H79O14P/c1-3-5-7-9-11-13-15-16-17-19-21-26-30-34-40(49)58-36-39(37-59-62(56,57)61-47-45(54)43(52)42(51)44(53)46(47)55)60-41(50)35-31-27-23-22-25-29-33-38(48)32-28-24-20-18-14-12-10-8-6-4-2/h6,8,12,14,20,23-25,27-29,32,38-39,42-48,51-55H,3-5,7,9-11,13,15-19,21-22,26,30-31,33-37H2,1-2H3,(H,56,57). The Morgan fingerprint density at radius 1 is 0.597 bits per heavy atom. The molecular weight excluding hydrogens is 819 g/mol. The maximum absolute atomic E-state index is 12.8. The highest BCUT2D eigenvalue weighted by Crippen LogP contribution is 2.47.